The summed E-state index contributed by atoms with van der Waals surface area (Å²) in [6, 6.07) is 39.9. The van der Waals surface area contributed by atoms with Gasteiger partial charge in [-0.15, -0.1) is 0 Å². The number of hydrogen-bond donors (Lipinski definition) is 2. The second kappa shape index (κ2) is 27.3. The third-order valence-electron chi connectivity index (χ3n) is 15.6. The maximum absolute atomic E-state index is 7.54. The molecular formula is C68H66BBrCl2N8O6. The number of nitrogens with zero attached hydrogens (tertiary/aromatic N) is 6. The normalized spacial score (nSPS) is 12.9. The van der Waals surface area contributed by atoms with E-state index in [9.17, 15) is 0 Å². The van der Waals surface area contributed by atoms with Gasteiger partial charge in [0.05, 0.1) is 91.1 Å². The number of benzene rings is 6. The van der Waals surface area contributed by atoms with E-state index in [4.69, 9.17) is 64.6 Å². The molecule has 0 amide bonds. The van der Waals surface area contributed by atoms with E-state index in [1.165, 1.54) is 0 Å². The lowest BCUT2D eigenvalue weighted by Gasteiger charge is -2.32. The average molecular weight is 1250 g/mol. The van der Waals surface area contributed by atoms with Gasteiger partial charge in [0.2, 0.25) is 0 Å². The van der Waals surface area contributed by atoms with E-state index >= 15 is 0 Å². The van der Waals surface area contributed by atoms with E-state index in [0.717, 1.165) is 111 Å². The van der Waals surface area contributed by atoms with Gasteiger partial charge in [0.15, 0.2) is 11.4 Å². The highest BCUT2D eigenvalue weighted by atomic mass is 79.9. The Morgan fingerprint density at radius 1 is 0.523 bits per heavy atom. The van der Waals surface area contributed by atoms with Gasteiger partial charge in [-0.05, 0) is 174 Å². The molecule has 0 atom stereocenters. The van der Waals surface area contributed by atoms with Crippen LogP contribution >= 0.6 is 39.1 Å². The van der Waals surface area contributed by atoms with Crippen LogP contribution in [0.25, 0.3) is 42.6 Å². The van der Waals surface area contributed by atoms with E-state index in [1.54, 1.807) is 47.0 Å². The number of aromatic amines is 2. The first-order chi connectivity index (χ1) is 41.3. The summed E-state index contributed by atoms with van der Waals surface area (Å²) >= 11 is 17.1. The van der Waals surface area contributed by atoms with Gasteiger partial charge in [-0.3, -0.25) is 9.97 Å². The van der Waals surface area contributed by atoms with Crippen molar-refractivity contribution in [3.8, 4) is 34.1 Å². The molecule has 1 saturated heterocycles. The van der Waals surface area contributed by atoms with Gasteiger partial charge < -0.3 is 48.0 Å². The molecule has 14 nitrogen and oxygen atoms in total. The Labute approximate surface area is 521 Å². The van der Waals surface area contributed by atoms with Crippen molar-refractivity contribution < 1.29 is 28.3 Å². The predicted octanol–water partition coefficient (Wildman–Crippen LogP) is 17.0. The van der Waals surface area contributed by atoms with Gasteiger partial charge in [-0.2, -0.15) is 0 Å². The number of rotatable bonds is 16. The van der Waals surface area contributed by atoms with Crippen LogP contribution < -0.4 is 34.2 Å². The number of H-pyrrole nitrogens is 2. The summed E-state index contributed by atoms with van der Waals surface area (Å²) in [6.07, 6.45) is 10.9. The molecular weight excluding hydrogens is 1190 g/mol. The molecule has 1 fully saturated rings. The molecule has 2 N–H and O–H groups in total. The fourth-order valence-electron chi connectivity index (χ4n) is 9.91. The third-order valence-corrected chi connectivity index (χ3v) is 17.2. The van der Waals surface area contributed by atoms with Crippen LogP contribution in [0.4, 0.5) is 22.7 Å². The molecule has 438 valence electrons. The molecule has 0 spiro atoms. The fraction of sp³-hybridized carbons (Fsp3) is 0.235. The van der Waals surface area contributed by atoms with Gasteiger partial charge in [0.25, 0.3) is 0 Å². The Morgan fingerprint density at radius 2 is 0.895 bits per heavy atom. The lowest BCUT2D eigenvalue weighted by molar-refractivity contribution is 0.00578. The van der Waals surface area contributed by atoms with Crippen molar-refractivity contribution in [2.45, 2.75) is 78.9 Å². The molecule has 1 aliphatic heterocycles. The van der Waals surface area contributed by atoms with Crippen molar-refractivity contribution in [3.63, 3.8) is 0 Å². The minimum atomic E-state index is -0.412. The van der Waals surface area contributed by atoms with E-state index in [0.29, 0.717) is 47.6 Å². The number of methoxy groups -OCH3 is 4. The highest BCUT2D eigenvalue weighted by molar-refractivity contribution is 9.10. The Balaban J connectivity index is 0.000000162. The first kappa shape index (κ1) is 62.1. The maximum atomic E-state index is 7.54. The second-order valence-electron chi connectivity index (χ2n) is 21.7. The molecule has 0 aliphatic carbocycles. The SMILES string of the molecule is COc1ccc(CN(Cc2ccc(OC)cc2)c2cncc(Br)c2Cl)cc1.[C-]#[N+]c1cc2c(-c3cncc(N(Cc4ccc(OC)cc4)Cc4ccc(OC)cc4)c3Cl)c[nH]c2cc1C.[C-]#[N+]c1cc2c(B3OC(C)(C)C(C)(C)O3)c[nH]c2cc1C. The molecule has 5 heterocycles. The van der Waals surface area contributed by atoms with Gasteiger partial charge in [-0.25, -0.2) is 9.69 Å². The van der Waals surface area contributed by atoms with Crippen LogP contribution in [0.5, 0.6) is 23.0 Å². The lowest BCUT2D eigenvalue weighted by Crippen LogP contribution is -2.41. The van der Waals surface area contributed by atoms with Crippen molar-refractivity contribution in [1.82, 2.24) is 19.9 Å². The number of nitrogens with one attached hydrogen (secondary N) is 2. The molecule has 18 heteroatoms. The third kappa shape index (κ3) is 14.1. The Bertz CT molecular complexity index is 3960. The quantitative estimate of drug-likeness (QED) is 0.0713. The number of aryl methyl sites for hydroxylation is 2. The molecule has 4 aromatic heterocycles. The van der Waals surface area contributed by atoms with Crippen molar-refractivity contribution in [2.75, 3.05) is 38.2 Å². The first-order valence-corrected chi connectivity index (χ1v) is 29.2. The first-order valence-electron chi connectivity index (χ1n) is 27.6. The molecule has 0 bridgehead atoms. The summed E-state index contributed by atoms with van der Waals surface area (Å²) in [6.45, 7) is 29.5. The van der Waals surface area contributed by atoms with E-state index < -0.39 is 7.12 Å². The van der Waals surface area contributed by atoms with Gasteiger partial charge in [0.1, 0.15) is 23.0 Å². The molecule has 0 radical (unpaired) electrons. The molecule has 0 unspecified atom stereocenters. The number of anilines is 2. The minimum Gasteiger partial charge on any atom is -0.497 e. The second-order valence-corrected chi connectivity index (χ2v) is 23.3. The van der Waals surface area contributed by atoms with Crippen LogP contribution in [0.3, 0.4) is 0 Å². The Hall–Kier alpha value is -8.48. The number of fused-ring (bicyclic) bond motifs is 2. The summed E-state index contributed by atoms with van der Waals surface area (Å²) < 4.78 is 34.1. The lowest BCUT2D eigenvalue weighted by atomic mass is 9.79. The molecule has 1 aliphatic rings. The highest BCUT2D eigenvalue weighted by Gasteiger charge is 2.52. The van der Waals surface area contributed by atoms with Gasteiger partial charge in [-0.1, -0.05) is 71.7 Å². The molecule has 6 aromatic carbocycles. The number of hydrogen-bond acceptors (Lipinski definition) is 10. The largest absolute Gasteiger partial charge is 0.497 e. The summed E-state index contributed by atoms with van der Waals surface area (Å²) in [5.41, 5.74) is 13.3. The van der Waals surface area contributed by atoms with Crippen LogP contribution in [0.15, 0.2) is 163 Å². The molecule has 11 rings (SSSR count). The fourth-order valence-corrected chi connectivity index (χ4v) is 10.8. The summed E-state index contributed by atoms with van der Waals surface area (Å²) in [5.74, 6) is 3.29. The maximum Gasteiger partial charge on any atom is 0.496 e. The molecule has 86 heavy (non-hydrogen) atoms. The number of ether oxygens (including phenoxy) is 4. The van der Waals surface area contributed by atoms with E-state index in [2.05, 4.69) is 104 Å². The predicted molar refractivity (Wildman–Crippen MR) is 351 cm³/mol. The summed E-state index contributed by atoms with van der Waals surface area (Å²) in [7, 11) is 6.24. The van der Waals surface area contributed by atoms with Crippen LogP contribution in [0.2, 0.25) is 10.0 Å². The Morgan fingerprint density at radius 3 is 1.30 bits per heavy atom. The van der Waals surface area contributed by atoms with Crippen LogP contribution in [-0.2, 0) is 35.5 Å². The van der Waals surface area contributed by atoms with Crippen LogP contribution in [0.1, 0.15) is 61.1 Å². The zero-order chi connectivity index (χ0) is 61.3. The minimum absolute atomic E-state index is 0.366. The topological polar surface area (TPSA) is 128 Å². The molecule has 0 saturated carbocycles. The monoisotopic (exact) mass is 1250 g/mol. The van der Waals surface area contributed by atoms with Gasteiger partial charge in [0, 0.05) is 78.6 Å². The number of aromatic nitrogens is 4. The van der Waals surface area contributed by atoms with E-state index in [1.807, 2.05) is 133 Å². The Kier molecular flexibility index (Phi) is 19.7. The smallest absolute Gasteiger partial charge is 0.496 e. The van der Waals surface area contributed by atoms with Crippen molar-refractivity contribution in [3.05, 3.63) is 229 Å². The van der Waals surface area contributed by atoms with Crippen molar-refractivity contribution in [2.24, 2.45) is 0 Å². The molecule has 10 aromatic rings. The van der Waals surface area contributed by atoms with E-state index in [-0.39, 0.29) is 11.2 Å². The summed E-state index contributed by atoms with van der Waals surface area (Å²) in [4.78, 5) is 27.1. The highest BCUT2D eigenvalue weighted by Crippen LogP contribution is 2.42. The number of pyridine rings is 2. The zero-order valence-electron chi connectivity index (χ0n) is 49.7. The van der Waals surface area contributed by atoms with Crippen molar-refractivity contribution in [1.29, 1.82) is 0 Å². The van der Waals surface area contributed by atoms with Crippen LogP contribution in [0, 0.1) is 27.0 Å². The average Bonchev–Trinajstić information content (AvgIpc) is 1.77. The summed E-state index contributed by atoms with van der Waals surface area (Å²) in [5, 5.41) is 3.18. The van der Waals surface area contributed by atoms with Gasteiger partial charge >= 0.3 is 7.12 Å². The van der Waals surface area contributed by atoms with Crippen LogP contribution in [-0.4, -0.2) is 66.7 Å². The standard InChI is InChI=1S/C31H27ClN4O2.C21H20BrClN2O2.C16H19BN2O2/c1-20-13-29-25(14-28(20)33-2)26(16-35-29)27-15-34-17-30(31(27)32)36(18-21-5-9-23(37-3)10-6-21)19-22-7-11-24(38-4)12-8-22;1-26-17-7-3-15(4-8-17)13-25(20-12-24-11-19(22)21(20)23)14-16-5-9-18(27-2)10-6-16;1-10-7-14-11(8-13(10)18-6)12(9-19-14)17-20-15(2,3)16(4,5)21-17/h5-17,35H,18-19H2,1,3-4H3;3-12H,13-14H2,1-2H3;7-9,19H,1-5H3. The van der Waals surface area contributed by atoms with Crippen molar-refractivity contribution >= 4 is 96.3 Å². The number of halogens is 3. The zero-order valence-corrected chi connectivity index (χ0v) is 52.8.